The Hall–Kier alpha value is -4.54. The summed E-state index contributed by atoms with van der Waals surface area (Å²) in [7, 11) is 1.50. The average molecular weight is 477 g/mol. The SMILES string of the molecule is CNC(=O)C(CCC=O)N1Cc2cc(CNc3nc(-c4ccc(C(=O)O)cc4)no3)ccc2C1=O. The number of aldehydes is 1. The highest BCUT2D eigenvalue weighted by molar-refractivity contribution is 6.01. The van der Waals surface area contributed by atoms with Crippen LogP contribution in [0.5, 0.6) is 0 Å². The Balaban J connectivity index is 1.42. The number of carboxylic acid groups (broad SMARTS) is 1. The van der Waals surface area contributed by atoms with E-state index in [2.05, 4.69) is 20.8 Å². The number of nitrogens with zero attached hydrogens (tertiary/aromatic N) is 3. The van der Waals surface area contributed by atoms with E-state index in [1.807, 2.05) is 6.07 Å². The molecule has 3 N–H and O–H groups in total. The van der Waals surface area contributed by atoms with Gasteiger partial charge in [0.2, 0.25) is 11.7 Å². The molecule has 1 aromatic heterocycles. The van der Waals surface area contributed by atoms with Crippen LogP contribution in [0, 0.1) is 0 Å². The Labute approximate surface area is 200 Å². The molecule has 2 heterocycles. The van der Waals surface area contributed by atoms with E-state index in [0.717, 1.165) is 17.4 Å². The lowest BCUT2D eigenvalue weighted by atomic mass is 10.1. The fraction of sp³-hybridized carbons (Fsp3) is 0.250. The number of carboxylic acids is 1. The average Bonchev–Trinajstić information content (AvgIpc) is 3.47. The summed E-state index contributed by atoms with van der Waals surface area (Å²) >= 11 is 0. The summed E-state index contributed by atoms with van der Waals surface area (Å²) in [6.45, 7) is 0.626. The molecule has 180 valence electrons. The predicted octanol–water partition coefficient (Wildman–Crippen LogP) is 2.10. The molecule has 4 rings (SSSR count). The maximum atomic E-state index is 12.9. The van der Waals surface area contributed by atoms with Crippen LogP contribution in [-0.4, -0.2) is 57.3 Å². The third-order valence-corrected chi connectivity index (χ3v) is 5.74. The van der Waals surface area contributed by atoms with Crippen molar-refractivity contribution in [2.45, 2.75) is 32.0 Å². The lowest BCUT2D eigenvalue weighted by molar-refractivity contribution is -0.125. The van der Waals surface area contributed by atoms with E-state index < -0.39 is 12.0 Å². The number of fused-ring (bicyclic) bond motifs is 1. The maximum absolute atomic E-state index is 12.9. The monoisotopic (exact) mass is 477 g/mol. The third-order valence-electron chi connectivity index (χ3n) is 5.74. The molecule has 0 radical (unpaired) electrons. The van der Waals surface area contributed by atoms with Crippen molar-refractivity contribution in [3.63, 3.8) is 0 Å². The highest BCUT2D eigenvalue weighted by atomic mass is 16.5. The van der Waals surface area contributed by atoms with Gasteiger partial charge >= 0.3 is 12.0 Å². The van der Waals surface area contributed by atoms with E-state index in [4.69, 9.17) is 9.63 Å². The highest BCUT2D eigenvalue weighted by Gasteiger charge is 2.35. The molecule has 1 atom stereocenters. The highest BCUT2D eigenvalue weighted by Crippen LogP contribution is 2.27. The van der Waals surface area contributed by atoms with Gasteiger partial charge in [0.15, 0.2) is 0 Å². The topological polar surface area (TPSA) is 155 Å². The Bertz CT molecular complexity index is 1270. The number of carbonyl (C=O) groups is 4. The van der Waals surface area contributed by atoms with Crippen LogP contribution in [0.15, 0.2) is 47.0 Å². The molecule has 1 aliphatic rings. The van der Waals surface area contributed by atoms with Gasteiger partial charge < -0.3 is 30.0 Å². The molecular weight excluding hydrogens is 454 g/mol. The number of amides is 2. The molecule has 11 nitrogen and oxygen atoms in total. The van der Waals surface area contributed by atoms with Gasteiger partial charge in [0, 0.05) is 37.7 Å². The van der Waals surface area contributed by atoms with Gasteiger partial charge in [-0.3, -0.25) is 9.59 Å². The van der Waals surface area contributed by atoms with Gasteiger partial charge in [0.25, 0.3) is 5.91 Å². The van der Waals surface area contributed by atoms with E-state index in [0.29, 0.717) is 23.5 Å². The van der Waals surface area contributed by atoms with E-state index in [9.17, 15) is 19.2 Å². The zero-order valence-corrected chi connectivity index (χ0v) is 18.9. The van der Waals surface area contributed by atoms with Crippen molar-refractivity contribution in [3.8, 4) is 11.4 Å². The molecule has 2 aromatic carbocycles. The second-order valence-electron chi connectivity index (χ2n) is 7.96. The first-order chi connectivity index (χ1) is 16.9. The maximum Gasteiger partial charge on any atom is 0.335 e. The van der Waals surface area contributed by atoms with Crippen LogP contribution >= 0.6 is 0 Å². The van der Waals surface area contributed by atoms with Crippen molar-refractivity contribution in [3.05, 3.63) is 64.7 Å². The molecule has 0 spiro atoms. The number of carbonyl (C=O) groups excluding carboxylic acids is 3. The van der Waals surface area contributed by atoms with Gasteiger partial charge in [0.05, 0.1) is 5.56 Å². The van der Waals surface area contributed by atoms with Crippen molar-refractivity contribution in [2.75, 3.05) is 12.4 Å². The van der Waals surface area contributed by atoms with Crippen LogP contribution in [0.25, 0.3) is 11.4 Å². The predicted molar refractivity (Wildman–Crippen MR) is 123 cm³/mol. The number of benzene rings is 2. The van der Waals surface area contributed by atoms with Crippen molar-refractivity contribution in [1.29, 1.82) is 0 Å². The van der Waals surface area contributed by atoms with Gasteiger partial charge in [-0.15, -0.1) is 0 Å². The molecule has 0 saturated carbocycles. The standard InChI is InChI=1S/C24H23N5O6/c1-25-21(31)19(3-2-10-30)29-13-17-11-14(4-9-18(17)22(29)32)12-26-24-27-20(28-35-24)15-5-7-16(8-6-15)23(33)34/h4-11,19H,2-3,12-13H2,1H3,(H,25,31)(H,33,34)(H,26,27,28). The Morgan fingerprint density at radius 3 is 2.69 bits per heavy atom. The summed E-state index contributed by atoms with van der Waals surface area (Å²) in [6.07, 6.45) is 1.18. The van der Waals surface area contributed by atoms with E-state index >= 15 is 0 Å². The molecule has 0 fully saturated rings. The second kappa shape index (κ2) is 10.2. The molecular formula is C24H23N5O6. The van der Waals surface area contributed by atoms with Crippen LogP contribution in [0.1, 0.15) is 44.7 Å². The van der Waals surface area contributed by atoms with Gasteiger partial charge in [-0.1, -0.05) is 29.4 Å². The smallest absolute Gasteiger partial charge is 0.335 e. The number of aromatic carboxylic acids is 1. The quantitative estimate of drug-likeness (QED) is 0.372. The van der Waals surface area contributed by atoms with Crippen LogP contribution in [-0.2, 0) is 22.7 Å². The van der Waals surface area contributed by atoms with Gasteiger partial charge in [-0.05, 0) is 35.7 Å². The Morgan fingerprint density at radius 1 is 1.23 bits per heavy atom. The lowest BCUT2D eigenvalue weighted by Gasteiger charge is -2.25. The summed E-state index contributed by atoms with van der Waals surface area (Å²) in [6, 6.07) is 11.0. The lowest BCUT2D eigenvalue weighted by Crippen LogP contribution is -2.46. The minimum atomic E-state index is -1.02. The summed E-state index contributed by atoms with van der Waals surface area (Å²) in [5.41, 5.74) is 2.96. The minimum Gasteiger partial charge on any atom is -0.478 e. The minimum absolute atomic E-state index is 0.162. The molecule has 1 aliphatic heterocycles. The summed E-state index contributed by atoms with van der Waals surface area (Å²) in [5, 5.41) is 18.5. The number of anilines is 1. The largest absolute Gasteiger partial charge is 0.478 e. The fourth-order valence-electron chi connectivity index (χ4n) is 3.93. The van der Waals surface area contributed by atoms with Crippen molar-refractivity contribution in [1.82, 2.24) is 20.4 Å². The number of likely N-dealkylation sites (N-methyl/N-ethyl adjacent to an activating group) is 1. The van der Waals surface area contributed by atoms with E-state index in [-0.39, 0.29) is 42.8 Å². The van der Waals surface area contributed by atoms with Gasteiger partial charge in [-0.25, -0.2) is 4.79 Å². The molecule has 2 amide bonds. The number of aromatic nitrogens is 2. The summed E-state index contributed by atoms with van der Waals surface area (Å²) < 4.78 is 5.23. The van der Waals surface area contributed by atoms with Crippen LogP contribution in [0.3, 0.4) is 0 Å². The van der Waals surface area contributed by atoms with Crippen LogP contribution < -0.4 is 10.6 Å². The third kappa shape index (κ3) is 5.03. The Kier molecular flexibility index (Phi) is 6.86. The van der Waals surface area contributed by atoms with Crippen molar-refractivity contribution in [2.24, 2.45) is 0 Å². The normalized spacial score (nSPS) is 13.3. The molecule has 0 bridgehead atoms. The van der Waals surface area contributed by atoms with Crippen molar-refractivity contribution >= 4 is 30.1 Å². The first-order valence-electron chi connectivity index (χ1n) is 10.9. The molecule has 3 aromatic rings. The number of hydrogen-bond acceptors (Lipinski definition) is 8. The zero-order chi connectivity index (χ0) is 24.9. The number of nitrogens with one attached hydrogen (secondary N) is 2. The molecule has 1 unspecified atom stereocenters. The Morgan fingerprint density at radius 2 is 2.00 bits per heavy atom. The summed E-state index contributed by atoms with van der Waals surface area (Å²) in [4.78, 5) is 52.7. The van der Waals surface area contributed by atoms with E-state index in [1.54, 1.807) is 24.3 Å². The molecule has 11 heteroatoms. The second-order valence-corrected chi connectivity index (χ2v) is 7.96. The summed E-state index contributed by atoms with van der Waals surface area (Å²) in [5.74, 6) is -1.25. The van der Waals surface area contributed by atoms with Gasteiger partial charge in [0.1, 0.15) is 12.3 Å². The van der Waals surface area contributed by atoms with E-state index in [1.165, 1.54) is 24.1 Å². The molecule has 0 saturated heterocycles. The first kappa shape index (κ1) is 23.6. The van der Waals surface area contributed by atoms with Crippen LogP contribution in [0.2, 0.25) is 0 Å². The fourth-order valence-corrected chi connectivity index (χ4v) is 3.93. The number of rotatable bonds is 10. The molecule has 0 aliphatic carbocycles. The van der Waals surface area contributed by atoms with Crippen LogP contribution in [0.4, 0.5) is 6.01 Å². The number of hydrogen-bond donors (Lipinski definition) is 3. The first-order valence-corrected chi connectivity index (χ1v) is 10.9. The van der Waals surface area contributed by atoms with Gasteiger partial charge in [-0.2, -0.15) is 4.98 Å². The van der Waals surface area contributed by atoms with Crippen molar-refractivity contribution < 1.29 is 28.8 Å². The zero-order valence-electron chi connectivity index (χ0n) is 18.9. The molecule has 35 heavy (non-hydrogen) atoms.